The lowest BCUT2D eigenvalue weighted by Crippen LogP contribution is -2.19. The molecule has 4 rings (SSSR count). The third-order valence-corrected chi connectivity index (χ3v) is 4.47. The minimum absolute atomic E-state index is 0.140. The number of aromatic nitrogens is 2. The van der Waals surface area contributed by atoms with Gasteiger partial charge >= 0.3 is 0 Å². The Hall–Kier alpha value is -3.26. The molecule has 2 aromatic carbocycles. The van der Waals surface area contributed by atoms with Gasteiger partial charge < -0.3 is 10.1 Å². The minimum atomic E-state index is -0.579. The molecule has 1 N–H and O–H groups in total. The fraction of sp³-hybridized carbons (Fsp3) is 0.200. The van der Waals surface area contributed by atoms with E-state index in [-0.39, 0.29) is 12.3 Å². The van der Waals surface area contributed by atoms with Gasteiger partial charge in [-0.15, -0.1) is 6.42 Å². The van der Waals surface area contributed by atoms with E-state index in [1.165, 1.54) is 0 Å². The van der Waals surface area contributed by atoms with Gasteiger partial charge in [-0.05, 0) is 30.2 Å². The van der Waals surface area contributed by atoms with Crippen molar-refractivity contribution in [1.29, 1.82) is 0 Å². The zero-order chi connectivity index (χ0) is 17.6. The molecule has 25 heavy (non-hydrogen) atoms. The number of rotatable bonds is 1. The van der Waals surface area contributed by atoms with Gasteiger partial charge in [0, 0.05) is 24.2 Å². The summed E-state index contributed by atoms with van der Waals surface area (Å²) >= 11 is 0. The quantitative estimate of drug-likeness (QED) is 0.696. The van der Waals surface area contributed by atoms with Gasteiger partial charge in [0.1, 0.15) is 0 Å². The van der Waals surface area contributed by atoms with Crippen LogP contribution in [0.3, 0.4) is 0 Å². The molecule has 1 aromatic heterocycles. The van der Waals surface area contributed by atoms with Gasteiger partial charge in [0.05, 0.1) is 17.6 Å². The first-order chi connectivity index (χ1) is 12.1. The molecule has 1 aliphatic heterocycles. The second-order valence-electron chi connectivity index (χ2n) is 6.18. The summed E-state index contributed by atoms with van der Waals surface area (Å²) in [5, 5.41) is 8.42. The molecule has 0 aliphatic carbocycles. The summed E-state index contributed by atoms with van der Waals surface area (Å²) < 4.78 is 7.80. The number of ether oxygens (including phenoxy) is 1. The first kappa shape index (κ1) is 15.3. The Balaban J connectivity index is 1.93. The highest BCUT2D eigenvalue weighted by atomic mass is 16.5. The standard InChI is InChI=1S/C20H17N3O2/c1-4-13-10-19(24)21-18-7-5-6-15(20(18)25-13)14-8-9-17-16(12(14)2)11-23(3)22-17/h1,5-9,11,13H,10H2,2-3H3,(H,21,24)/t13-/m1/s1. The fourth-order valence-electron chi connectivity index (χ4n) is 3.26. The highest BCUT2D eigenvalue weighted by molar-refractivity contribution is 5.97. The zero-order valence-corrected chi connectivity index (χ0v) is 14.0. The van der Waals surface area contributed by atoms with E-state index < -0.39 is 6.10 Å². The monoisotopic (exact) mass is 331 g/mol. The lowest BCUT2D eigenvalue weighted by Gasteiger charge is -2.17. The van der Waals surface area contributed by atoms with Gasteiger partial charge in [-0.2, -0.15) is 5.10 Å². The Labute approximate surface area is 145 Å². The maximum absolute atomic E-state index is 12.0. The zero-order valence-electron chi connectivity index (χ0n) is 14.0. The lowest BCUT2D eigenvalue weighted by atomic mass is 9.96. The Morgan fingerprint density at radius 1 is 1.32 bits per heavy atom. The predicted octanol–water partition coefficient (Wildman–Crippen LogP) is 3.27. The summed E-state index contributed by atoms with van der Waals surface area (Å²) in [6.45, 7) is 2.06. The molecule has 0 spiro atoms. The van der Waals surface area contributed by atoms with E-state index in [4.69, 9.17) is 11.2 Å². The van der Waals surface area contributed by atoms with Crippen molar-refractivity contribution >= 4 is 22.5 Å². The van der Waals surface area contributed by atoms with E-state index >= 15 is 0 Å². The number of terminal acetylenes is 1. The molecule has 1 atom stereocenters. The van der Waals surface area contributed by atoms with Crippen molar-refractivity contribution in [3.8, 4) is 29.2 Å². The molecule has 1 aliphatic rings. The van der Waals surface area contributed by atoms with Crippen molar-refractivity contribution in [3.05, 3.63) is 42.1 Å². The number of nitrogens with one attached hydrogen (secondary N) is 1. The van der Waals surface area contributed by atoms with Crippen LogP contribution in [0, 0.1) is 19.3 Å². The van der Waals surface area contributed by atoms with Crippen LogP contribution in [0.1, 0.15) is 12.0 Å². The van der Waals surface area contributed by atoms with E-state index in [9.17, 15) is 4.79 Å². The molecule has 5 nitrogen and oxygen atoms in total. The summed E-state index contributed by atoms with van der Waals surface area (Å²) in [5.74, 6) is 3.02. The number of benzene rings is 2. The Bertz CT molecular complexity index is 1040. The molecule has 124 valence electrons. The second kappa shape index (κ2) is 5.67. The van der Waals surface area contributed by atoms with Crippen LogP contribution in [0.4, 0.5) is 5.69 Å². The van der Waals surface area contributed by atoms with Gasteiger partial charge in [0.2, 0.25) is 5.91 Å². The van der Waals surface area contributed by atoms with Gasteiger partial charge in [-0.1, -0.05) is 24.1 Å². The van der Waals surface area contributed by atoms with Crippen LogP contribution in [0.2, 0.25) is 0 Å². The Kier molecular flexibility index (Phi) is 3.47. The molecule has 0 saturated heterocycles. The van der Waals surface area contributed by atoms with Crippen LogP contribution < -0.4 is 10.1 Å². The van der Waals surface area contributed by atoms with Crippen molar-refractivity contribution in [1.82, 2.24) is 9.78 Å². The Morgan fingerprint density at radius 3 is 2.96 bits per heavy atom. The molecular formula is C20H17N3O2. The lowest BCUT2D eigenvalue weighted by molar-refractivity contribution is -0.116. The first-order valence-electron chi connectivity index (χ1n) is 8.06. The number of aryl methyl sites for hydroxylation is 2. The van der Waals surface area contributed by atoms with Crippen molar-refractivity contribution in [2.75, 3.05) is 5.32 Å². The second-order valence-corrected chi connectivity index (χ2v) is 6.18. The molecule has 5 heteroatoms. The number of amides is 1. The molecule has 0 bridgehead atoms. The SMILES string of the molecule is C#C[C@@H]1CC(=O)Nc2cccc(-c3ccc4nn(C)cc4c3C)c2O1. The molecule has 2 heterocycles. The number of nitrogens with zero attached hydrogens (tertiary/aromatic N) is 2. The molecule has 3 aromatic rings. The molecular weight excluding hydrogens is 314 g/mol. The first-order valence-corrected chi connectivity index (χ1v) is 8.06. The Morgan fingerprint density at radius 2 is 2.16 bits per heavy atom. The summed E-state index contributed by atoms with van der Waals surface area (Å²) in [6, 6.07) is 9.73. The summed E-state index contributed by atoms with van der Waals surface area (Å²) in [7, 11) is 1.91. The highest BCUT2D eigenvalue weighted by Gasteiger charge is 2.24. The van der Waals surface area contributed by atoms with E-state index in [1.54, 1.807) is 4.68 Å². The minimum Gasteiger partial charge on any atom is -0.474 e. The average molecular weight is 331 g/mol. The van der Waals surface area contributed by atoms with Crippen LogP contribution >= 0.6 is 0 Å². The van der Waals surface area contributed by atoms with Crippen molar-refractivity contribution in [2.24, 2.45) is 7.05 Å². The van der Waals surface area contributed by atoms with Crippen LogP contribution in [0.15, 0.2) is 36.5 Å². The number of carbonyl (C=O) groups is 1. The number of hydrogen-bond donors (Lipinski definition) is 1. The van der Waals surface area contributed by atoms with Crippen LogP contribution in [-0.2, 0) is 11.8 Å². The van der Waals surface area contributed by atoms with E-state index in [1.807, 2.05) is 43.6 Å². The fourth-order valence-corrected chi connectivity index (χ4v) is 3.26. The highest BCUT2D eigenvalue weighted by Crippen LogP contribution is 2.41. The maximum Gasteiger partial charge on any atom is 0.229 e. The molecule has 0 saturated carbocycles. The maximum atomic E-state index is 12.0. The van der Waals surface area contributed by atoms with Crippen molar-refractivity contribution in [2.45, 2.75) is 19.4 Å². The topological polar surface area (TPSA) is 56.2 Å². The largest absolute Gasteiger partial charge is 0.474 e. The number of anilines is 1. The molecule has 0 fully saturated rings. The predicted molar refractivity (Wildman–Crippen MR) is 97.4 cm³/mol. The van der Waals surface area contributed by atoms with Gasteiger partial charge in [-0.3, -0.25) is 9.48 Å². The van der Waals surface area contributed by atoms with Crippen molar-refractivity contribution in [3.63, 3.8) is 0 Å². The van der Waals surface area contributed by atoms with E-state index in [0.717, 1.165) is 27.6 Å². The van der Waals surface area contributed by atoms with E-state index in [0.29, 0.717) is 11.4 Å². The van der Waals surface area contributed by atoms with Crippen LogP contribution in [0.25, 0.3) is 22.0 Å². The number of fused-ring (bicyclic) bond motifs is 2. The number of carbonyl (C=O) groups excluding carboxylic acids is 1. The average Bonchev–Trinajstić information content (AvgIpc) is 2.88. The normalized spacial score (nSPS) is 16.5. The van der Waals surface area contributed by atoms with Gasteiger partial charge in [0.25, 0.3) is 0 Å². The third kappa shape index (κ3) is 2.52. The summed E-state index contributed by atoms with van der Waals surface area (Å²) in [4.78, 5) is 12.0. The summed E-state index contributed by atoms with van der Waals surface area (Å²) in [5.41, 5.74) is 4.63. The third-order valence-electron chi connectivity index (χ3n) is 4.47. The van der Waals surface area contributed by atoms with Gasteiger partial charge in [0.15, 0.2) is 11.9 Å². The number of para-hydroxylation sites is 1. The summed E-state index contributed by atoms with van der Waals surface area (Å²) in [6.07, 6.45) is 7.09. The van der Waals surface area contributed by atoms with E-state index in [2.05, 4.69) is 23.3 Å². The van der Waals surface area contributed by atoms with Crippen LogP contribution in [0.5, 0.6) is 5.75 Å². The smallest absolute Gasteiger partial charge is 0.229 e. The number of hydrogen-bond acceptors (Lipinski definition) is 3. The van der Waals surface area contributed by atoms with Crippen molar-refractivity contribution < 1.29 is 9.53 Å². The van der Waals surface area contributed by atoms with Crippen LogP contribution in [-0.4, -0.2) is 21.8 Å². The molecule has 0 unspecified atom stereocenters. The molecule has 0 radical (unpaired) electrons. The molecule has 1 amide bonds. The van der Waals surface area contributed by atoms with Gasteiger partial charge in [-0.25, -0.2) is 0 Å².